The summed E-state index contributed by atoms with van der Waals surface area (Å²) in [4.78, 5) is 26.6. The summed E-state index contributed by atoms with van der Waals surface area (Å²) < 4.78 is 90.7. The van der Waals surface area contributed by atoms with Crippen LogP contribution in [-0.4, -0.2) is 70.5 Å². The lowest BCUT2D eigenvalue weighted by Gasteiger charge is -2.16. The lowest BCUT2D eigenvalue weighted by molar-refractivity contribution is 0.0963. The second-order valence-electron chi connectivity index (χ2n) is 15.7. The van der Waals surface area contributed by atoms with Crippen molar-refractivity contribution >= 4 is 33.7 Å². The van der Waals surface area contributed by atoms with E-state index in [-0.39, 0.29) is 43.5 Å². The molecule has 0 aromatic heterocycles. The van der Waals surface area contributed by atoms with Gasteiger partial charge in [0.25, 0.3) is 10.1 Å². The Bertz CT molecular complexity index is 2800. The molecule has 6 aromatic rings. The number of carbonyl (C=O) groups is 2. The first-order valence-electron chi connectivity index (χ1n) is 21.7. The van der Waals surface area contributed by atoms with Gasteiger partial charge in [-0.05, 0) is 83.6 Å². The molecule has 2 atom stereocenters. The molecular weight excluding hydrogens is 903 g/mol. The van der Waals surface area contributed by atoms with Gasteiger partial charge in [0.15, 0.2) is 46.1 Å². The number of nitrogens with zero attached hydrogens (tertiary/aromatic N) is 2. The molecule has 8 rings (SSSR count). The molecule has 0 spiro atoms. The number of carbonyl (C=O) groups excluding carboxylic acids is 2. The first-order chi connectivity index (χ1) is 32.8. The summed E-state index contributed by atoms with van der Waals surface area (Å²) in [5.41, 5.74) is 4.69. The zero-order chi connectivity index (χ0) is 48.2. The molecule has 356 valence electrons. The average molecular weight is 953 g/mol. The molecule has 0 saturated carbocycles. The van der Waals surface area contributed by atoms with Crippen LogP contribution in [0.2, 0.25) is 0 Å². The average Bonchev–Trinajstić information content (AvgIpc) is 3.93. The summed E-state index contributed by atoms with van der Waals surface area (Å²) in [6.45, 7) is 4.32. The van der Waals surface area contributed by atoms with Crippen molar-refractivity contribution in [2.24, 2.45) is 0 Å². The van der Waals surface area contributed by atoms with Gasteiger partial charge in [-0.1, -0.05) is 86.6 Å². The number of amides is 2. The SMILES string of the molecule is CCc1ccc(Oc2ccc(N3CC(CO)OC3=O)cc2F)c(OCc2ccccc2)c1.CCc1ccc(Oc2ccc(N3CC(COS(C)(=O)=O)OC3=O)cc2F)c(OCc2ccccc2)c1. The highest BCUT2D eigenvalue weighted by molar-refractivity contribution is 7.86. The van der Waals surface area contributed by atoms with E-state index in [9.17, 15) is 31.9 Å². The Morgan fingerprint density at radius 3 is 1.40 bits per heavy atom. The predicted molar refractivity (Wildman–Crippen MR) is 249 cm³/mol. The fourth-order valence-electron chi connectivity index (χ4n) is 6.97. The summed E-state index contributed by atoms with van der Waals surface area (Å²) in [7, 11) is -3.68. The number of hydrogen-bond acceptors (Lipinski definition) is 12. The van der Waals surface area contributed by atoms with Gasteiger partial charge in [-0.2, -0.15) is 8.42 Å². The molecule has 1 N–H and O–H groups in total. The summed E-state index contributed by atoms with van der Waals surface area (Å²) >= 11 is 0. The summed E-state index contributed by atoms with van der Waals surface area (Å²) in [6, 6.07) is 38.8. The highest BCUT2D eigenvalue weighted by Crippen LogP contribution is 2.38. The fourth-order valence-corrected chi connectivity index (χ4v) is 7.37. The van der Waals surface area contributed by atoms with Crippen LogP contribution in [0.25, 0.3) is 0 Å². The van der Waals surface area contributed by atoms with Crippen molar-refractivity contribution < 1.29 is 64.5 Å². The topological polar surface area (TPSA) is 160 Å². The number of aryl methyl sites for hydroxylation is 2. The predicted octanol–water partition coefficient (Wildman–Crippen LogP) is 10.1. The first kappa shape index (κ1) is 48.7. The molecule has 6 aromatic carbocycles. The number of anilines is 2. The van der Waals surface area contributed by atoms with E-state index in [1.54, 1.807) is 18.2 Å². The van der Waals surface area contributed by atoms with Gasteiger partial charge in [-0.3, -0.25) is 14.0 Å². The van der Waals surface area contributed by atoms with Gasteiger partial charge >= 0.3 is 12.2 Å². The summed E-state index contributed by atoms with van der Waals surface area (Å²) in [6.07, 6.45) is -0.237. The standard InChI is InChI=1S/C26H26FNO7S.C25H24FNO5/c1-3-18-9-11-24(25(13-18)32-16-19-7-5-4-6-8-19)35-23-12-10-20(14-22(23)27)28-15-21(34-26(28)29)17-33-36(2,30)31;1-2-17-8-10-23(24(12-17)30-16-18-6-4-3-5-7-18)32-22-11-9-19(13-21(22)26)27-14-20(15-28)31-25(27)29/h4-14,21H,3,15-17H2,1-2H3;3-13,20,28H,2,14-16H2,1H3. The number of rotatable bonds is 18. The van der Waals surface area contributed by atoms with E-state index in [0.717, 1.165) is 47.4 Å². The number of benzene rings is 6. The highest BCUT2D eigenvalue weighted by Gasteiger charge is 2.34. The number of ether oxygens (including phenoxy) is 6. The molecule has 0 bridgehead atoms. The molecule has 68 heavy (non-hydrogen) atoms. The van der Waals surface area contributed by atoms with Crippen LogP contribution in [0.15, 0.2) is 133 Å². The number of aliphatic hydroxyl groups excluding tert-OH is 1. The van der Waals surface area contributed by atoms with Crippen LogP contribution in [-0.2, 0) is 49.8 Å². The van der Waals surface area contributed by atoms with E-state index in [4.69, 9.17) is 32.6 Å². The molecule has 2 aliphatic heterocycles. The molecule has 14 nitrogen and oxygen atoms in total. The largest absolute Gasteiger partial charge is 0.485 e. The minimum absolute atomic E-state index is 0.00818. The quantitative estimate of drug-likeness (QED) is 0.0814. The lowest BCUT2D eigenvalue weighted by Crippen LogP contribution is -2.26. The van der Waals surface area contributed by atoms with Crippen LogP contribution in [0.1, 0.15) is 36.1 Å². The van der Waals surface area contributed by atoms with Crippen molar-refractivity contribution in [3.8, 4) is 34.5 Å². The molecule has 2 amide bonds. The van der Waals surface area contributed by atoms with E-state index < -0.39 is 46.1 Å². The van der Waals surface area contributed by atoms with Gasteiger partial charge in [0.05, 0.1) is 37.3 Å². The fraction of sp³-hybridized carbons (Fsp3) is 0.255. The third kappa shape index (κ3) is 13.0. The first-order valence-corrected chi connectivity index (χ1v) is 23.6. The van der Waals surface area contributed by atoms with E-state index in [1.807, 2.05) is 98.8 Å². The molecular formula is C51H50F2N2O12S. The Balaban J connectivity index is 0.000000203. The second kappa shape index (κ2) is 22.5. The highest BCUT2D eigenvalue weighted by atomic mass is 32.2. The van der Waals surface area contributed by atoms with Crippen molar-refractivity contribution in [3.05, 3.63) is 167 Å². The minimum atomic E-state index is -3.68. The van der Waals surface area contributed by atoms with E-state index in [0.29, 0.717) is 41.9 Å². The van der Waals surface area contributed by atoms with Crippen LogP contribution in [0.5, 0.6) is 34.5 Å². The molecule has 2 fully saturated rings. The van der Waals surface area contributed by atoms with E-state index in [2.05, 4.69) is 0 Å². The number of cyclic esters (lactones) is 2. The third-order valence-electron chi connectivity index (χ3n) is 10.6. The maximum atomic E-state index is 15.0. The van der Waals surface area contributed by atoms with Crippen LogP contribution in [0.3, 0.4) is 0 Å². The third-order valence-corrected chi connectivity index (χ3v) is 11.2. The van der Waals surface area contributed by atoms with Crippen LogP contribution in [0, 0.1) is 11.6 Å². The Kier molecular flexibility index (Phi) is 16.1. The molecule has 0 aliphatic carbocycles. The Labute approximate surface area is 393 Å². The van der Waals surface area contributed by atoms with Crippen LogP contribution < -0.4 is 28.7 Å². The van der Waals surface area contributed by atoms with Gasteiger partial charge in [0.2, 0.25) is 0 Å². The van der Waals surface area contributed by atoms with Crippen molar-refractivity contribution in [2.45, 2.75) is 52.1 Å². The number of aliphatic hydroxyl groups is 1. The van der Waals surface area contributed by atoms with Crippen LogP contribution >= 0.6 is 0 Å². The zero-order valence-corrected chi connectivity index (χ0v) is 38.3. The minimum Gasteiger partial charge on any atom is -0.485 e. The van der Waals surface area contributed by atoms with E-state index >= 15 is 0 Å². The molecule has 0 radical (unpaired) electrons. The summed E-state index contributed by atoms with van der Waals surface area (Å²) in [5.74, 6) is 0.398. The van der Waals surface area contributed by atoms with Crippen molar-refractivity contribution in [1.82, 2.24) is 0 Å². The maximum absolute atomic E-state index is 15.0. The van der Waals surface area contributed by atoms with Crippen molar-refractivity contribution in [2.75, 3.05) is 42.4 Å². The lowest BCUT2D eigenvalue weighted by atomic mass is 10.1. The molecule has 2 heterocycles. The van der Waals surface area contributed by atoms with Crippen LogP contribution in [0.4, 0.5) is 29.7 Å². The van der Waals surface area contributed by atoms with Crippen molar-refractivity contribution in [3.63, 3.8) is 0 Å². The second-order valence-corrected chi connectivity index (χ2v) is 17.3. The molecule has 17 heteroatoms. The maximum Gasteiger partial charge on any atom is 0.414 e. The van der Waals surface area contributed by atoms with Gasteiger partial charge in [0, 0.05) is 12.1 Å². The molecule has 2 saturated heterocycles. The van der Waals surface area contributed by atoms with Gasteiger partial charge in [-0.25, -0.2) is 18.4 Å². The molecule has 2 unspecified atom stereocenters. The Morgan fingerprint density at radius 2 is 1.00 bits per heavy atom. The summed E-state index contributed by atoms with van der Waals surface area (Å²) in [5, 5.41) is 9.18. The Hall–Kier alpha value is -7.21. The van der Waals surface area contributed by atoms with E-state index in [1.165, 1.54) is 34.1 Å². The Morgan fingerprint density at radius 1 is 0.574 bits per heavy atom. The normalized spacial score (nSPS) is 15.6. The van der Waals surface area contributed by atoms with Gasteiger partial charge in [0.1, 0.15) is 32.0 Å². The number of hydrogen-bond donors (Lipinski definition) is 1. The monoisotopic (exact) mass is 952 g/mol. The van der Waals surface area contributed by atoms with Gasteiger partial charge < -0.3 is 33.5 Å². The smallest absolute Gasteiger partial charge is 0.414 e. The molecule has 2 aliphatic rings. The zero-order valence-electron chi connectivity index (χ0n) is 37.5. The van der Waals surface area contributed by atoms with Gasteiger partial charge in [-0.15, -0.1) is 0 Å². The number of halogens is 2. The van der Waals surface area contributed by atoms with Crippen molar-refractivity contribution in [1.29, 1.82) is 0 Å².